The lowest BCUT2D eigenvalue weighted by molar-refractivity contribution is -0.124. The fraction of sp³-hybridized carbons (Fsp3) is 0.385. The molecule has 1 heterocycles. The first kappa shape index (κ1) is 13.3. The highest BCUT2D eigenvalue weighted by molar-refractivity contribution is 5.94. The number of benzene rings is 1. The maximum Gasteiger partial charge on any atom is 0.322 e. The average Bonchev–Trinajstić information content (AvgIpc) is 2.90. The summed E-state index contributed by atoms with van der Waals surface area (Å²) in [5.41, 5.74) is 0.120. The van der Waals surface area contributed by atoms with Gasteiger partial charge in [-0.1, -0.05) is 12.1 Å². The summed E-state index contributed by atoms with van der Waals surface area (Å²) >= 11 is 0. The van der Waals surface area contributed by atoms with Crippen LogP contribution in [0.25, 0.3) is 0 Å². The van der Waals surface area contributed by atoms with Crippen molar-refractivity contribution in [2.75, 3.05) is 18.9 Å². The van der Waals surface area contributed by atoms with Gasteiger partial charge in [-0.05, 0) is 25.0 Å². The Morgan fingerprint density at radius 2 is 2.11 bits per heavy atom. The zero-order chi connectivity index (χ0) is 13.8. The van der Waals surface area contributed by atoms with Gasteiger partial charge in [-0.3, -0.25) is 4.79 Å². The molecule has 0 bridgehead atoms. The normalized spacial score (nSPS) is 18.2. The van der Waals surface area contributed by atoms with E-state index >= 15 is 0 Å². The standard InChI is InChI=1S/C13H16FN3O2/c1-15-12(18)11-7-4-8-17(11)13(19)16-10-6-3-2-5-9(10)14/h2-3,5-6,11H,4,7-8H2,1H3,(H,15,18)(H,16,19)/t11-/m0/s1. The summed E-state index contributed by atoms with van der Waals surface area (Å²) in [6.45, 7) is 0.498. The molecule has 0 aromatic heterocycles. The van der Waals surface area contributed by atoms with Crippen LogP contribution in [-0.4, -0.2) is 36.5 Å². The molecule has 1 aliphatic heterocycles. The molecule has 6 heteroatoms. The van der Waals surface area contributed by atoms with Crippen molar-refractivity contribution in [1.82, 2.24) is 10.2 Å². The predicted octanol–water partition coefficient (Wildman–Crippen LogP) is 1.57. The van der Waals surface area contributed by atoms with Crippen molar-refractivity contribution in [3.05, 3.63) is 30.1 Å². The molecular formula is C13H16FN3O2. The molecule has 2 rings (SSSR count). The molecular weight excluding hydrogens is 249 g/mol. The first-order chi connectivity index (χ1) is 9.13. The number of rotatable bonds is 2. The topological polar surface area (TPSA) is 61.4 Å². The maximum absolute atomic E-state index is 13.4. The van der Waals surface area contributed by atoms with Gasteiger partial charge in [-0.15, -0.1) is 0 Å². The molecule has 0 radical (unpaired) electrons. The van der Waals surface area contributed by atoms with Crippen molar-refractivity contribution in [3.8, 4) is 0 Å². The lowest BCUT2D eigenvalue weighted by Gasteiger charge is -2.23. The fourth-order valence-electron chi connectivity index (χ4n) is 2.20. The summed E-state index contributed by atoms with van der Waals surface area (Å²) in [7, 11) is 1.54. The highest BCUT2D eigenvalue weighted by Crippen LogP contribution is 2.20. The Bertz CT molecular complexity index is 493. The van der Waals surface area contributed by atoms with E-state index in [1.165, 1.54) is 24.1 Å². The number of nitrogens with zero attached hydrogens (tertiary/aromatic N) is 1. The molecule has 1 aromatic rings. The second-order valence-electron chi connectivity index (χ2n) is 4.38. The van der Waals surface area contributed by atoms with Crippen LogP contribution in [0.15, 0.2) is 24.3 Å². The van der Waals surface area contributed by atoms with Crippen LogP contribution in [0.2, 0.25) is 0 Å². The van der Waals surface area contributed by atoms with E-state index in [-0.39, 0.29) is 11.6 Å². The molecule has 0 saturated carbocycles. The second-order valence-corrected chi connectivity index (χ2v) is 4.38. The van der Waals surface area contributed by atoms with Gasteiger partial charge in [-0.2, -0.15) is 0 Å². The number of nitrogens with one attached hydrogen (secondary N) is 2. The molecule has 1 saturated heterocycles. The minimum absolute atomic E-state index is 0.120. The summed E-state index contributed by atoms with van der Waals surface area (Å²) in [5, 5.41) is 5.03. The van der Waals surface area contributed by atoms with Crippen molar-refractivity contribution in [2.45, 2.75) is 18.9 Å². The Morgan fingerprint density at radius 3 is 2.79 bits per heavy atom. The number of hydrogen-bond acceptors (Lipinski definition) is 2. The third-order valence-corrected chi connectivity index (χ3v) is 3.18. The lowest BCUT2D eigenvalue weighted by atomic mass is 10.2. The van der Waals surface area contributed by atoms with Crippen LogP contribution in [0.4, 0.5) is 14.9 Å². The van der Waals surface area contributed by atoms with Crippen molar-refractivity contribution < 1.29 is 14.0 Å². The molecule has 19 heavy (non-hydrogen) atoms. The number of hydrogen-bond donors (Lipinski definition) is 2. The molecule has 0 spiro atoms. The largest absolute Gasteiger partial charge is 0.357 e. The van der Waals surface area contributed by atoms with E-state index in [4.69, 9.17) is 0 Å². The minimum atomic E-state index is -0.494. The molecule has 1 atom stereocenters. The van der Waals surface area contributed by atoms with E-state index in [1.807, 2.05) is 0 Å². The number of anilines is 1. The number of halogens is 1. The van der Waals surface area contributed by atoms with Crippen LogP contribution in [0, 0.1) is 5.82 Å². The van der Waals surface area contributed by atoms with Crippen molar-refractivity contribution in [1.29, 1.82) is 0 Å². The van der Waals surface area contributed by atoms with E-state index in [2.05, 4.69) is 10.6 Å². The van der Waals surface area contributed by atoms with Gasteiger partial charge >= 0.3 is 6.03 Å². The monoisotopic (exact) mass is 265 g/mol. The highest BCUT2D eigenvalue weighted by atomic mass is 19.1. The molecule has 102 valence electrons. The summed E-state index contributed by atoms with van der Waals surface area (Å²) < 4.78 is 13.4. The quantitative estimate of drug-likeness (QED) is 0.852. The van der Waals surface area contributed by atoms with E-state index in [9.17, 15) is 14.0 Å². The van der Waals surface area contributed by atoms with E-state index in [0.717, 1.165) is 6.42 Å². The first-order valence-electron chi connectivity index (χ1n) is 6.17. The van der Waals surface area contributed by atoms with Gasteiger partial charge in [0.15, 0.2) is 0 Å². The van der Waals surface area contributed by atoms with Gasteiger partial charge < -0.3 is 15.5 Å². The average molecular weight is 265 g/mol. The molecule has 0 aliphatic carbocycles. The number of carbonyl (C=O) groups excluding carboxylic acids is 2. The molecule has 1 aliphatic rings. The Balaban J connectivity index is 2.07. The van der Waals surface area contributed by atoms with Gasteiger partial charge in [0.1, 0.15) is 11.9 Å². The Kier molecular flexibility index (Phi) is 3.99. The van der Waals surface area contributed by atoms with Crippen molar-refractivity contribution in [2.24, 2.45) is 0 Å². The zero-order valence-electron chi connectivity index (χ0n) is 10.6. The smallest absolute Gasteiger partial charge is 0.322 e. The number of urea groups is 1. The van der Waals surface area contributed by atoms with Gasteiger partial charge in [0.05, 0.1) is 5.69 Å². The number of likely N-dealkylation sites (N-methyl/N-ethyl adjacent to an activating group) is 1. The maximum atomic E-state index is 13.4. The third kappa shape index (κ3) is 2.83. The van der Waals surface area contributed by atoms with Crippen LogP contribution < -0.4 is 10.6 Å². The van der Waals surface area contributed by atoms with Crippen LogP contribution >= 0.6 is 0 Å². The minimum Gasteiger partial charge on any atom is -0.357 e. The third-order valence-electron chi connectivity index (χ3n) is 3.18. The Morgan fingerprint density at radius 1 is 1.37 bits per heavy atom. The zero-order valence-corrected chi connectivity index (χ0v) is 10.6. The number of carbonyl (C=O) groups is 2. The fourth-order valence-corrected chi connectivity index (χ4v) is 2.20. The lowest BCUT2D eigenvalue weighted by Crippen LogP contribution is -2.46. The number of para-hydroxylation sites is 1. The van der Waals surface area contributed by atoms with E-state index in [0.29, 0.717) is 13.0 Å². The molecule has 3 amide bonds. The summed E-state index contributed by atoms with van der Waals surface area (Å²) in [6, 6.07) is 5.02. The molecule has 5 nitrogen and oxygen atoms in total. The molecule has 2 N–H and O–H groups in total. The van der Waals surface area contributed by atoms with Gasteiger partial charge in [0.25, 0.3) is 0 Å². The van der Waals surface area contributed by atoms with Crippen LogP contribution in [-0.2, 0) is 4.79 Å². The second kappa shape index (κ2) is 5.69. The predicted molar refractivity (Wildman–Crippen MR) is 69.2 cm³/mol. The number of likely N-dealkylation sites (tertiary alicyclic amines) is 1. The number of amides is 3. The highest BCUT2D eigenvalue weighted by Gasteiger charge is 2.33. The van der Waals surface area contributed by atoms with E-state index < -0.39 is 17.9 Å². The van der Waals surface area contributed by atoms with Crippen molar-refractivity contribution in [3.63, 3.8) is 0 Å². The van der Waals surface area contributed by atoms with Gasteiger partial charge in [0, 0.05) is 13.6 Å². The first-order valence-corrected chi connectivity index (χ1v) is 6.17. The Labute approximate surface area is 110 Å². The SMILES string of the molecule is CNC(=O)[C@@H]1CCCN1C(=O)Nc1ccccc1F. The molecule has 1 aromatic carbocycles. The Hall–Kier alpha value is -2.11. The van der Waals surface area contributed by atoms with Gasteiger partial charge in [0.2, 0.25) is 5.91 Å². The van der Waals surface area contributed by atoms with Gasteiger partial charge in [-0.25, -0.2) is 9.18 Å². The summed E-state index contributed by atoms with van der Waals surface area (Å²) in [6.07, 6.45) is 1.40. The van der Waals surface area contributed by atoms with Crippen LogP contribution in [0.3, 0.4) is 0 Å². The van der Waals surface area contributed by atoms with Crippen LogP contribution in [0.1, 0.15) is 12.8 Å². The van der Waals surface area contributed by atoms with Crippen molar-refractivity contribution >= 4 is 17.6 Å². The molecule has 1 fully saturated rings. The summed E-state index contributed by atoms with van der Waals surface area (Å²) in [5.74, 6) is -0.687. The molecule has 0 unspecified atom stereocenters. The van der Waals surface area contributed by atoms with Crippen LogP contribution in [0.5, 0.6) is 0 Å². The van der Waals surface area contributed by atoms with E-state index in [1.54, 1.807) is 12.1 Å². The summed E-state index contributed by atoms with van der Waals surface area (Å²) in [4.78, 5) is 25.1.